The van der Waals surface area contributed by atoms with Crippen molar-refractivity contribution in [2.45, 2.75) is 32.6 Å². The number of rotatable bonds is 3. The first-order chi connectivity index (χ1) is 7.85. The number of aryl methyl sites for hydroxylation is 1. The third kappa shape index (κ3) is 2.18. The minimum absolute atomic E-state index is 0.727. The molecule has 16 heavy (non-hydrogen) atoms. The molecule has 1 aromatic carbocycles. The van der Waals surface area contributed by atoms with Gasteiger partial charge in [0.15, 0.2) is 0 Å². The largest absolute Gasteiger partial charge is 0.494 e. The second kappa shape index (κ2) is 5.01. The molecule has 1 aromatic rings. The Morgan fingerprint density at radius 1 is 1.38 bits per heavy atom. The molecule has 86 valence electrons. The molecule has 0 saturated carbocycles. The number of hydrogen-bond donors (Lipinski definition) is 1. The molecule has 1 aliphatic carbocycles. The van der Waals surface area contributed by atoms with Crippen LogP contribution in [-0.4, -0.2) is 17.5 Å². The summed E-state index contributed by atoms with van der Waals surface area (Å²) < 4.78 is 5.58. The van der Waals surface area contributed by atoms with Crippen LogP contribution in [0.2, 0.25) is 0 Å². The maximum Gasteiger partial charge on any atom is 0.119 e. The zero-order chi connectivity index (χ0) is 11.4. The second-order valence-corrected chi connectivity index (χ2v) is 4.07. The molecule has 0 saturated heterocycles. The van der Waals surface area contributed by atoms with Crippen LogP contribution in [-0.2, 0) is 6.42 Å². The van der Waals surface area contributed by atoms with E-state index in [9.17, 15) is 0 Å². The third-order valence-corrected chi connectivity index (χ3v) is 2.85. The Kier molecular flexibility index (Phi) is 3.44. The molecular formula is C13H17NO2. The van der Waals surface area contributed by atoms with E-state index >= 15 is 0 Å². The van der Waals surface area contributed by atoms with Gasteiger partial charge < -0.3 is 9.94 Å². The van der Waals surface area contributed by atoms with Gasteiger partial charge in [-0.3, -0.25) is 0 Å². The van der Waals surface area contributed by atoms with Gasteiger partial charge in [-0.15, -0.1) is 0 Å². The molecule has 0 bridgehead atoms. The number of fused-ring (bicyclic) bond motifs is 1. The van der Waals surface area contributed by atoms with Gasteiger partial charge in [0.05, 0.1) is 12.3 Å². The molecule has 1 aliphatic rings. The van der Waals surface area contributed by atoms with Crippen LogP contribution in [0.5, 0.6) is 5.75 Å². The fourth-order valence-electron chi connectivity index (χ4n) is 2.04. The van der Waals surface area contributed by atoms with Gasteiger partial charge in [-0.1, -0.05) is 18.1 Å². The van der Waals surface area contributed by atoms with Crippen LogP contribution in [0.15, 0.2) is 23.4 Å². The molecule has 1 N–H and O–H groups in total. The lowest BCUT2D eigenvalue weighted by molar-refractivity contribution is 0.315. The Bertz CT molecular complexity index is 399. The van der Waals surface area contributed by atoms with Crippen molar-refractivity contribution in [3.8, 4) is 5.75 Å². The van der Waals surface area contributed by atoms with Crippen LogP contribution in [0.1, 0.15) is 37.3 Å². The lowest BCUT2D eigenvalue weighted by Crippen LogP contribution is -2.12. The summed E-state index contributed by atoms with van der Waals surface area (Å²) in [6.45, 7) is 2.81. The molecule has 0 radical (unpaired) electrons. The molecule has 0 heterocycles. The van der Waals surface area contributed by atoms with Gasteiger partial charge in [0.1, 0.15) is 5.75 Å². The van der Waals surface area contributed by atoms with Crippen LogP contribution in [0, 0.1) is 0 Å². The average molecular weight is 219 g/mol. The fourth-order valence-corrected chi connectivity index (χ4v) is 2.04. The van der Waals surface area contributed by atoms with E-state index in [1.807, 2.05) is 12.1 Å². The minimum Gasteiger partial charge on any atom is -0.494 e. The Hall–Kier alpha value is -1.51. The van der Waals surface area contributed by atoms with E-state index in [1.54, 1.807) is 0 Å². The highest BCUT2D eigenvalue weighted by molar-refractivity contribution is 6.02. The van der Waals surface area contributed by atoms with Crippen molar-refractivity contribution >= 4 is 5.71 Å². The summed E-state index contributed by atoms with van der Waals surface area (Å²) in [5.41, 5.74) is 3.08. The van der Waals surface area contributed by atoms with Crippen LogP contribution in [0.25, 0.3) is 0 Å². The number of hydrogen-bond acceptors (Lipinski definition) is 3. The van der Waals surface area contributed by atoms with E-state index in [-0.39, 0.29) is 0 Å². The predicted octanol–water partition coefficient (Wildman–Crippen LogP) is 2.99. The number of oxime groups is 1. The third-order valence-electron chi connectivity index (χ3n) is 2.85. The standard InChI is InChI=1S/C13H17NO2/c1-2-8-16-11-7-6-10-4-3-5-13(14-15)12(10)9-11/h6-7,9,15H,2-5,8H2,1H3/b14-13-. The normalized spacial score (nSPS) is 17.2. The summed E-state index contributed by atoms with van der Waals surface area (Å²) in [5, 5.41) is 12.3. The Labute approximate surface area is 95.7 Å². The van der Waals surface area contributed by atoms with E-state index < -0.39 is 0 Å². The van der Waals surface area contributed by atoms with Gasteiger partial charge in [-0.05, 0) is 43.4 Å². The lowest BCUT2D eigenvalue weighted by atomic mass is 9.90. The zero-order valence-corrected chi connectivity index (χ0v) is 9.57. The van der Waals surface area contributed by atoms with Gasteiger partial charge in [0.2, 0.25) is 0 Å². The minimum atomic E-state index is 0.727. The fraction of sp³-hybridized carbons (Fsp3) is 0.462. The summed E-state index contributed by atoms with van der Waals surface area (Å²) in [6.07, 6.45) is 3.96. The van der Waals surface area contributed by atoms with Crippen molar-refractivity contribution in [1.29, 1.82) is 0 Å². The monoisotopic (exact) mass is 219 g/mol. The Morgan fingerprint density at radius 2 is 2.25 bits per heavy atom. The summed E-state index contributed by atoms with van der Waals surface area (Å²) in [6, 6.07) is 6.05. The van der Waals surface area contributed by atoms with Gasteiger partial charge in [-0.2, -0.15) is 0 Å². The molecule has 0 atom stereocenters. The molecule has 3 nitrogen and oxygen atoms in total. The van der Waals surface area contributed by atoms with Crippen LogP contribution in [0.4, 0.5) is 0 Å². The SMILES string of the molecule is CCCOc1ccc2c(c1)/C(=N\O)CCC2. The van der Waals surface area contributed by atoms with Crippen LogP contribution < -0.4 is 4.74 Å². The smallest absolute Gasteiger partial charge is 0.119 e. The van der Waals surface area contributed by atoms with Crippen LogP contribution in [0.3, 0.4) is 0 Å². The van der Waals surface area contributed by atoms with Crippen molar-refractivity contribution in [1.82, 2.24) is 0 Å². The predicted molar refractivity (Wildman–Crippen MR) is 63.5 cm³/mol. The molecule has 0 unspecified atom stereocenters. The quantitative estimate of drug-likeness (QED) is 0.627. The highest BCUT2D eigenvalue weighted by Gasteiger charge is 2.16. The van der Waals surface area contributed by atoms with E-state index in [4.69, 9.17) is 9.94 Å². The highest BCUT2D eigenvalue weighted by Crippen LogP contribution is 2.25. The summed E-state index contributed by atoms with van der Waals surface area (Å²) in [5.74, 6) is 0.864. The number of nitrogens with zero attached hydrogens (tertiary/aromatic N) is 1. The first-order valence-corrected chi connectivity index (χ1v) is 5.82. The molecule has 0 fully saturated rings. The average Bonchev–Trinajstić information content (AvgIpc) is 2.35. The molecule has 0 amide bonds. The molecule has 3 heteroatoms. The molecular weight excluding hydrogens is 202 g/mol. The van der Waals surface area contributed by atoms with Crippen molar-refractivity contribution < 1.29 is 9.94 Å². The van der Waals surface area contributed by atoms with E-state index in [0.717, 1.165) is 49.3 Å². The molecule has 0 aliphatic heterocycles. The van der Waals surface area contributed by atoms with E-state index in [0.29, 0.717) is 0 Å². The number of ether oxygens (including phenoxy) is 1. The van der Waals surface area contributed by atoms with Crippen molar-refractivity contribution in [2.75, 3.05) is 6.61 Å². The maximum atomic E-state index is 8.95. The number of benzene rings is 1. The van der Waals surface area contributed by atoms with Gasteiger partial charge in [0, 0.05) is 5.56 Å². The van der Waals surface area contributed by atoms with E-state index in [1.165, 1.54) is 5.56 Å². The first kappa shape index (κ1) is 11.0. The Balaban J connectivity index is 2.28. The van der Waals surface area contributed by atoms with Crippen molar-refractivity contribution in [3.63, 3.8) is 0 Å². The summed E-state index contributed by atoms with van der Waals surface area (Å²) >= 11 is 0. The second-order valence-electron chi connectivity index (χ2n) is 4.07. The van der Waals surface area contributed by atoms with E-state index in [2.05, 4.69) is 18.1 Å². The molecule has 0 aromatic heterocycles. The molecule has 2 rings (SSSR count). The molecule has 0 spiro atoms. The zero-order valence-electron chi connectivity index (χ0n) is 9.57. The van der Waals surface area contributed by atoms with Gasteiger partial charge >= 0.3 is 0 Å². The first-order valence-electron chi connectivity index (χ1n) is 5.82. The van der Waals surface area contributed by atoms with Gasteiger partial charge in [-0.25, -0.2) is 0 Å². The van der Waals surface area contributed by atoms with Crippen LogP contribution >= 0.6 is 0 Å². The van der Waals surface area contributed by atoms with Crippen molar-refractivity contribution in [3.05, 3.63) is 29.3 Å². The van der Waals surface area contributed by atoms with Gasteiger partial charge in [0.25, 0.3) is 0 Å². The Morgan fingerprint density at radius 3 is 3.00 bits per heavy atom. The topological polar surface area (TPSA) is 41.8 Å². The van der Waals surface area contributed by atoms with Crippen molar-refractivity contribution in [2.24, 2.45) is 5.16 Å². The summed E-state index contributed by atoms with van der Waals surface area (Å²) in [4.78, 5) is 0. The summed E-state index contributed by atoms with van der Waals surface area (Å²) in [7, 11) is 0. The maximum absolute atomic E-state index is 8.95. The lowest BCUT2D eigenvalue weighted by Gasteiger charge is -2.17. The highest BCUT2D eigenvalue weighted by atomic mass is 16.5.